The van der Waals surface area contributed by atoms with E-state index in [0.29, 0.717) is 0 Å². The minimum Gasteiger partial charge on any atom is -0.386 e. The predicted octanol–water partition coefficient (Wildman–Crippen LogP) is 3.21. The van der Waals surface area contributed by atoms with Crippen LogP contribution in [0.25, 0.3) is 0 Å². The van der Waals surface area contributed by atoms with Crippen LogP contribution >= 0.6 is 0 Å². The smallest absolute Gasteiger partial charge is 0.0973 e. The molecule has 2 nitrogen and oxygen atoms in total. The lowest BCUT2D eigenvalue weighted by molar-refractivity contribution is -0.00478. The van der Waals surface area contributed by atoms with Crippen molar-refractivity contribution in [2.45, 2.75) is 51.2 Å². The van der Waals surface area contributed by atoms with Gasteiger partial charge in [-0.05, 0) is 57.5 Å². The molecule has 0 aliphatic heterocycles. The third kappa shape index (κ3) is 2.19. The first-order valence-electron chi connectivity index (χ1n) is 6.90. The fourth-order valence-electron chi connectivity index (χ4n) is 3.20. The minimum atomic E-state index is -0.380. The summed E-state index contributed by atoms with van der Waals surface area (Å²) < 4.78 is 0. The first-order chi connectivity index (χ1) is 8.47. The molecule has 0 spiro atoms. The van der Waals surface area contributed by atoms with Gasteiger partial charge in [0, 0.05) is 0 Å². The molecule has 2 heteroatoms. The molecule has 0 aromatic heterocycles. The first kappa shape index (κ1) is 13.6. The summed E-state index contributed by atoms with van der Waals surface area (Å²) in [6, 6.07) is 6.34. The zero-order chi connectivity index (χ0) is 13.3. The highest BCUT2D eigenvalue weighted by molar-refractivity contribution is 5.32. The second kappa shape index (κ2) is 5.02. The summed E-state index contributed by atoms with van der Waals surface area (Å²) in [6.07, 6.45) is 4.25. The van der Waals surface area contributed by atoms with E-state index in [0.717, 1.165) is 18.4 Å². The quantitative estimate of drug-likeness (QED) is 0.886. The van der Waals surface area contributed by atoms with Crippen molar-refractivity contribution in [2.75, 3.05) is 14.1 Å². The van der Waals surface area contributed by atoms with Crippen molar-refractivity contribution in [1.82, 2.24) is 4.90 Å². The molecule has 1 aliphatic rings. The lowest BCUT2D eigenvalue weighted by atomic mass is 9.84. The van der Waals surface area contributed by atoms with E-state index in [2.05, 4.69) is 51.0 Å². The molecule has 1 atom stereocenters. The molecule has 0 saturated heterocycles. The summed E-state index contributed by atoms with van der Waals surface area (Å²) in [6.45, 7) is 4.23. The van der Waals surface area contributed by atoms with E-state index >= 15 is 0 Å². The maximum absolute atomic E-state index is 10.8. The van der Waals surface area contributed by atoms with Gasteiger partial charge >= 0.3 is 0 Å². The Bertz CT molecular complexity index is 419. The molecule has 0 radical (unpaired) electrons. The van der Waals surface area contributed by atoms with Gasteiger partial charge in [0.05, 0.1) is 11.6 Å². The normalized spacial score (nSPS) is 20.3. The van der Waals surface area contributed by atoms with Gasteiger partial charge in [-0.1, -0.05) is 31.0 Å². The second-order valence-corrected chi connectivity index (χ2v) is 5.95. The molecular formula is C16H25NO. The fraction of sp³-hybridized carbons (Fsp3) is 0.625. The maximum atomic E-state index is 10.8. The molecule has 1 aliphatic carbocycles. The van der Waals surface area contributed by atoms with E-state index < -0.39 is 0 Å². The van der Waals surface area contributed by atoms with Crippen molar-refractivity contribution in [2.24, 2.45) is 0 Å². The summed E-state index contributed by atoms with van der Waals surface area (Å²) >= 11 is 0. The van der Waals surface area contributed by atoms with Crippen molar-refractivity contribution < 1.29 is 5.11 Å². The number of nitrogens with zero attached hydrogens (tertiary/aromatic N) is 1. The summed E-state index contributed by atoms with van der Waals surface area (Å²) in [5.41, 5.74) is 3.55. The van der Waals surface area contributed by atoms with Crippen LogP contribution in [-0.4, -0.2) is 29.6 Å². The maximum Gasteiger partial charge on any atom is 0.0973 e. The number of benzene rings is 1. The van der Waals surface area contributed by atoms with Crippen LogP contribution in [0.4, 0.5) is 0 Å². The number of rotatable bonds is 3. The molecule has 100 valence electrons. The molecule has 1 saturated carbocycles. The number of aliphatic hydroxyl groups excluding tert-OH is 1. The lowest BCUT2D eigenvalue weighted by Gasteiger charge is -2.41. The molecule has 1 N–H and O–H groups in total. The molecule has 1 unspecified atom stereocenters. The standard InChI is InChI=1S/C16H25NO/c1-12-7-8-14(11-13(12)2)15(18)16(17(3)4)9-5-6-10-16/h7-8,11,15,18H,5-6,9-10H2,1-4H3. The van der Waals surface area contributed by atoms with Crippen LogP contribution in [0, 0.1) is 13.8 Å². The molecular weight excluding hydrogens is 222 g/mol. The summed E-state index contributed by atoms with van der Waals surface area (Å²) in [4.78, 5) is 2.22. The predicted molar refractivity (Wildman–Crippen MR) is 75.8 cm³/mol. The highest BCUT2D eigenvalue weighted by Crippen LogP contribution is 2.43. The number of hydrogen-bond acceptors (Lipinski definition) is 2. The lowest BCUT2D eigenvalue weighted by Crippen LogP contribution is -2.47. The summed E-state index contributed by atoms with van der Waals surface area (Å²) in [5, 5.41) is 10.8. The first-order valence-corrected chi connectivity index (χ1v) is 6.90. The van der Waals surface area contributed by atoms with Crippen LogP contribution < -0.4 is 0 Å². The van der Waals surface area contributed by atoms with Gasteiger partial charge in [0.15, 0.2) is 0 Å². The van der Waals surface area contributed by atoms with Crippen LogP contribution in [0.5, 0.6) is 0 Å². The molecule has 0 heterocycles. The minimum absolute atomic E-state index is 0.0678. The zero-order valence-corrected chi connectivity index (χ0v) is 12.0. The number of likely N-dealkylation sites (N-methyl/N-ethyl adjacent to an activating group) is 1. The van der Waals surface area contributed by atoms with E-state index in [-0.39, 0.29) is 11.6 Å². The Morgan fingerprint density at radius 2 is 1.72 bits per heavy atom. The van der Waals surface area contributed by atoms with Crippen molar-refractivity contribution >= 4 is 0 Å². The Labute approximate surface area is 111 Å². The average molecular weight is 247 g/mol. The van der Waals surface area contributed by atoms with Gasteiger partial charge in [0.2, 0.25) is 0 Å². The van der Waals surface area contributed by atoms with Gasteiger partial charge in [-0.2, -0.15) is 0 Å². The highest BCUT2D eigenvalue weighted by Gasteiger charge is 2.43. The summed E-state index contributed by atoms with van der Waals surface area (Å²) in [7, 11) is 4.19. The molecule has 2 rings (SSSR count). The van der Waals surface area contributed by atoms with Crippen molar-refractivity contribution in [3.63, 3.8) is 0 Å². The van der Waals surface area contributed by atoms with Crippen LogP contribution in [-0.2, 0) is 0 Å². The van der Waals surface area contributed by atoms with Crippen LogP contribution in [0.3, 0.4) is 0 Å². The van der Waals surface area contributed by atoms with Crippen LogP contribution in [0.1, 0.15) is 48.5 Å². The van der Waals surface area contributed by atoms with Crippen molar-refractivity contribution in [3.05, 3.63) is 34.9 Å². The van der Waals surface area contributed by atoms with E-state index in [1.165, 1.54) is 24.0 Å². The molecule has 1 fully saturated rings. The number of hydrogen-bond donors (Lipinski definition) is 1. The fourth-order valence-corrected chi connectivity index (χ4v) is 3.20. The second-order valence-electron chi connectivity index (χ2n) is 5.95. The van der Waals surface area contributed by atoms with Gasteiger partial charge in [-0.3, -0.25) is 0 Å². The van der Waals surface area contributed by atoms with E-state index in [4.69, 9.17) is 0 Å². The van der Waals surface area contributed by atoms with Gasteiger partial charge in [0.25, 0.3) is 0 Å². The van der Waals surface area contributed by atoms with E-state index in [9.17, 15) is 5.11 Å². The monoisotopic (exact) mass is 247 g/mol. The molecule has 1 aromatic rings. The summed E-state index contributed by atoms with van der Waals surface area (Å²) in [5.74, 6) is 0. The van der Waals surface area contributed by atoms with Gasteiger partial charge < -0.3 is 10.0 Å². The van der Waals surface area contributed by atoms with Crippen LogP contribution in [0.2, 0.25) is 0 Å². The highest BCUT2D eigenvalue weighted by atomic mass is 16.3. The Morgan fingerprint density at radius 1 is 1.11 bits per heavy atom. The van der Waals surface area contributed by atoms with Gasteiger partial charge in [-0.25, -0.2) is 0 Å². The Hall–Kier alpha value is -0.860. The van der Waals surface area contributed by atoms with Gasteiger partial charge in [-0.15, -0.1) is 0 Å². The average Bonchev–Trinajstić information content (AvgIpc) is 2.82. The zero-order valence-electron chi connectivity index (χ0n) is 12.0. The molecule has 0 bridgehead atoms. The Balaban J connectivity index is 2.33. The van der Waals surface area contributed by atoms with E-state index in [1.54, 1.807) is 0 Å². The molecule has 18 heavy (non-hydrogen) atoms. The SMILES string of the molecule is Cc1ccc(C(O)C2(N(C)C)CCCC2)cc1C. The number of aliphatic hydroxyl groups is 1. The largest absolute Gasteiger partial charge is 0.386 e. The van der Waals surface area contributed by atoms with E-state index in [1.807, 2.05) is 0 Å². The Kier molecular flexibility index (Phi) is 3.79. The van der Waals surface area contributed by atoms with Crippen molar-refractivity contribution in [3.8, 4) is 0 Å². The Morgan fingerprint density at radius 3 is 2.22 bits per heavy atom. The topological polar surface area (TPSA) is 23.5 Å². The number of aryl methyl sites for hydroxylation is 2. The molecule has 0 amide bonds. The van der Waals surface area contributed by atoms with Crippen LogP contribution in [0.15, 0.2) is 18.2 Å². The van der Waals surface area contributed by atoms with Crippen molar-refractivity contribution in [1.29, 1.82) is 0 Å². The molecule has 1 aromatic carbocycles. The van der Waals surface area contributed by atoms with Gasteiger partial charge in [0.1, 0.15) is 0 Å². The third-order valence-electron chi connectivity index (χ3n) is 4.72. The third-order valence-corrected chi connectivity index (χ3v) is 4.72.